The van der Waals surface area contributed by atoms with Crippen LogP contribution >= 0.6 is 0 Å². The molecule has 1 aromatic heterocycles. The van der Waals surface area contributed by atoms with Crippen molar-refractivity contribution in [3.63, 3.8) is 0 Å². The third-order valence-electron chi connectivity index (χ3n) is 6.78. The van der Waals surface area contributed by atoms with Gasteiger partial charge in [-0.15, -0.1) is 0 Å². The van der Waals surface area contributed by atoms with Gasteiger partial charge in [-0.05, 0) is 60.4 Å². The average molecular weight is 538 g/mol. The van der Waals surface area contributed by atoms with Gasteiger partial charge in [-0.2, -0.15) is 0 Å². The van der Waals surface area contributed by atoms with E-state index in [1.807, 2.05) is 36.4 Å². The topological polar surface area (TPSA) is 113 Å². The Balaban J connectivity index is 1.45. The highest BCUT2D eigenvalue weighted by Crippen LogP contribution is 2.32. The molecule has 0 radical (unpaired) electrons. The molecule has 198 valence electrons. The highest BCUT2D eigenvalue weighted by Gasteiger charge is 2.28. The largest absolute Gasteiger partial charge is 0.491 e. The van der Waals surface area contributed by atoms with E-state index in [-0.39, 0.29) is 55.4 Å². The monoisotopic (exact) mass is 537 g/mol. The third kappa shape index (κ3) is 4.89. The van der Waals surface area contributed by atoms with Crippen LogP contribution in [0.3, 0.4) is 0 Å². The number of imidazole rings is 1. The van der Waals surface area contributed by atoms with Gasteiger partial charge < -0.3 is 19.7 Å². The maximum Gasteiger partial charge on any atom is 0.254 e. The molecule has 2 heterocycles. The minimum Gasteiger partial charge on any atom is -0.491 e. The molecule has 8 nitrogen and oxygen atoms in total. The molecule has 0 saturated heterocycles. The van der Waals surface area contributed by atoms with E-state index in [0.717, 1.165) is 33.8 Å². The number of rotatable bonds is 7. The summed E-state index contributed by atoms with van der Waals surface area (Å²) in [6.45, 7) is 2.20. The number of benzene rings is 3. The number of aliphatic hydroxyl groups excluding tert-OH is 1. The summed E-state index contributed by atoms with van der Waals surface area (Å²) in [4.78, 5) is 22.1. The summed E-state index contributed by atoms with van der Waals surface area (Å²) in [5.41, 5.74) is 4.74. The number of hydrogen-bond donors (Lipinski definition) is 2. The molecule has 0 saturated carbocycles. The van der Waals surface area contributed by atoms with E-state index in [0.29, 0.717) is 12.3 Å². The number of nitrogens with one attached hydrogen (secondary N) is 1. The second-order valence-electron chi connectivity index (χ2n) is 9.19. The first-order valence-electron chi connectivity index (χ1n) is 12.5. The smallest absolute Gasteiger partial charge is 0.254 e. The number of carbonyl (C=O) groups is 1. The Morgan fingerprint density at radius 1 is 1.16 bits per heavy atom. The first kappa shape index (κ1) is 25.9. The minimum atomic E-state index is -3.93. The second kappa shape index (κ2) is 10.5. The Bertz CT molecular complexity index is 1620. The summed E-state index contributed by atoms with van der Waals surface area (Å²) in [6.07, 6.45) is 1.81. The lowest BCUT2D eigenvalue weighted by molar-refractivity contribution is 0.0731. The predicted octanol–water partition coefficient (Wildman–Crippen LogP) is 4.12. The Kier molecular flexibility index (Phi) is 7.18. The first-order chi connectivity index (χ1) is 18.3. The number of hydrogen-bond acceptors (Lipinski definition) is 6. The van der Waals surface area contributed by atoms with Crippen molar-refractivity contribution in [1.82, 2.24) is 14.9 Å². The average Bonchev–Trinajstić information content (AvgIpc) is 3.28. The molecule has 1 amide bonds. The number of amides is 1. The quantitative estimate of drug-likeness (QED) is 0.367. The van der Waals surface area contributed by atoms with Crippen molar-refractivity contribution in [3.05, 3.63) is 77.4 Å². The number of sulfone groups is 1. The van der Waals surface area contributed by atoms with Crippen LogP contribution in [-0.4, -0.2) is 59.8 Å². The SMILES string of the molecule is CCc1c(C(=O)N2CCOc3ccc(-c4ccc5nc[nH]c5c4)cc3C2)ccc(S(=O)(=O)CCCO)c1F. The highest BCUT2D eigenvalue weighted by atomic mass is 32.2. The normalized spacial score (nSPS) is 13.7. The number of aliphatic hydroxyl groups is 1. The van der Waals surface area contributed by atoms with Crippen LogP contribution in [0.15, 0.2) is 59.8 Å². The Hall–Kier alpha value is -3.76. The molecule has 1 aliphatic rings. The van der Waals surface area contributed by atoms with E-state index in [2.05, 4.69) is 9.97 Å². The summed E-state index contributed by atoms with van der Waals surface area (Å²) < 4.78 is 46.5. The number of ether oxygens (including phenoxy) is 1. The van der Waals surface area contributed by atoms with Crippen molar-refractivity contribution in [1.29, 1.82) is 0 Å². The zero-order valence-corrected chi connectivity index (χ0v) is 21.7. The number of fused-ring (bicyclic) bond motifs is 2. The van der Waals surface area contributed by atoms with Gasteiger partial charge in [0.2, 0.25) is 0 Å². The van der Waals surface area contributed by atoms with Crippen LogP contribution in [0.5, 0.6) is 5.75 Å². The molecular formula is C28H28FN3O5S. The Morgan fingerprint density at radius 2 is 1.95 bits per heavy atom. The maximum absolute atomic E-state index is 15.4. The summed E-state index contributed by atoms with van der Waals surface area (Å²) >= 11 is 0. The van der Waals surface area contributed by atoms with E-state index >= 15 is 4.39 Å². The molecule has 0 fully saturated rings. The van der Waals surface area contributed by atoms with Crippen molar-refractivity contribution in [2.45, 2.75) is 31.2 Å². The summed E-state index contributed by atoms with van der Waals surface area (Å²) in [7, 11) is -3.93. The van der Waals surface area contributed by atoms with Gasteiger partial charge in [0.15, 0.2) is 9.84 Å². The van der Waals surface area contributed by atoms with E-state index in [1.165, 1.54) is 6.07 Å². The molecule has 5 rings (SSSR count). The van der Waals surface area contributed by atoms with Crippen LogP contribution in [0.25, 0.3) is 22.2 Å². The summed E-state index contributed by atoms with van der Waals surface area (Å²) in [5, 5.41) is 8.99. The molecule has 4 aromatic rings. The van der Waals surface area contributed by atoms with Crippen LogP contribution in [0.4, 0.5) is 4.39 Å². The van der Waals surface area contributed by atoms with Gasteiger partial charge in [0.1, 0.15) is 23.1 Å². The molecule has 0 unspecified atom stereocenters. The van der Waals surface area contributed by atoms with Crippen LogP contribution in [0.1, 0.15) is 34.8 Å². The van der Waals surface area contributed by atoms with Crippen molar-refractivity contribution < 1.29 is 27.4 Å². The molecule has 2 N–H and O–H groups in total. The third-order valence-corrected chi connectivity index (χ3v) is 8.59. The lowest BCUT2D eigenvalue weighted by atomic mass is 10.0. The number of nitrogens with zero attached hydrogens (tertiary/aromatic N) is 2. The lowest BCUT2D eigenvalue weighted by Gasteiger charge is -2.22. The van der Waals surface area contributed by atoms with Gasteiger partial charge in [0.25, 0.3) is 5.91 Å². The van der Waals surface area contributed by atoms with Gasteiger partial charge in [-0.1, -0.05) is 19.1 Å². The molecule has 3 aromatic carbocycles. The van der Waals surface area contributed by atoms with Crippen molar-refractivity contribution >= 4 is 26.8 Å². The molecule has 0 atom stereocenters. The van der Waals surface area contributed by atoms with Gasteiger partial charge in [-0.3, -0.25) is 4.79 Å². The fourth-order valence-electron chi connectivity index (χ4n) is 4.78. The van der Waals surface area contributed by atoms with Crippen LogP contribution in [0.2, 0.25) is 0 Å². The number of aromatic nitrogens is 2. The van der Waals surface area contributed by atoms with Gasteiger partial charge in [0, 0.05) is 29.8 Å². The van der Waals surface area contributed by atoms with E-state index < -0.39 is 20.5 Å². The second-order valence-corrected chi connectivity index (χ2v) is 11.3. The van der Waals surface area contributed by atoms with Crippen LogP contribution in [0, 0.1) is 5.82 Å². The minimum absolute atomic E-state index is 0.00876. The molecule has 10 heteroatoms. The molecule has 0 spiro atoms. The zero-order chi connectivity index (χ0) is 26.9. The fourth-order valence-corrected chi connectivity index (χ4v) is 6.18. The highest BCUT2D eigenvalue weighted by molar-refractivity contribution is 7.91. The number of aromatic amines is 1. The lowest BCUT2D eigenvalue weighted by Crippen LogP contribution is -2.33. The van der Waals surface area contributed by atoms with Crippen molar-refractivity contribution in [2.75, 3.05) is 25.5 Å². The molecule has 0 bridgehead atoms. The van der Waals surface area contributed by atoms with Crippen molar-refractivity contribution in [3.8, 4) is 16.9 Å². The molecular weight excluding hydrogens is 509 g/mol. The number of H-pyrrole nitrogens is 1. The first-order valence-corrected chi connectivity index (χ1v) is 14.1. The number of halogens is 1. The van der Waals surface area contributed by atoms with E-state index in [4.69, 9.17) is 9.84 Å². The Morgan fingerprint density at radius 3 is 2.74 bits per heavy atom. The Labute approximate surface area is 220 Å². The van der Waals surface area contributed by atoms with Crippen LogP contribution < -0.4 is 4.74 Å². The zero-order valence-electron chi connectivity index (χ0n) is 20.9. The molecule has 38 heavy (non-hydrogen) atoms. The van der Waals surface area contributed by atoms with E-state index in [9.17, 15) is 13.2 Å². The fraction of sp³-hybridized carbons (Fsp3) is 0.286. The summed E-state index contributed by atoms with van der Waals surface area (Å²) in [6, 6.07) is 14.3. The van der Waals surface area contributed by atoms with Gasteiger partial charge in [-0.25, -0.2) is 17.8 Å². The number of carbonyl (C=O) groups excluding carboxylic acids is 1. The van der Waals surface area contributed by atoms with E-state index in [1.54, 1.807) is 18.2 Å². The molecule has 0 aliphatic carbocycles. The standard InChI is InChI=1S/C28H28FN3O5S/c1-2-21-22(6-9-26(27(21)29)38(35,36)13-3-11-33)28(34)32-10-12-37-25-8-5-18(14-20(25)16-32)19-4-7-23-24(15-19)31-17-30-23/h4-9,14-15,17,33H,2-3,10-13,16H2,1H3,(H,30,31). The van der Waals surface area contributed by atoms with Crippen LogP contribution in [-0.2, 0) is 22.8 Å². The maximum atomic E-state index is 15.4. The summed E-state index contributed by atoms with van der Waals surface area (Å²) in [5.74, 6) is -0.980. The van der Waals surface area contributed by atoms with Crippen molar-refractivity contribution in [2.24, 2.45) is 0 Å². The predicted molar refractivity (Wildman–Crippen MR) is 141 cm³/mol. The van der Waals surface area contributed by atoms with Gasteiger partial charge >= 0.3 is 0 Å². The molecule has 1 aliphatic heterocycles. The van der Waals surface area contributed by atoms with Gasteiger partial charge in [0.05, 0.1) is 29.7 Å².